The lowest BCUT2D eigenvalue weighted by Gasteiger charge is -2.25. The summed E-state index contributed by atoms with van der Waals surface area (Å²) in [7, 11) is 0. The molecule has 0 bridgehead atoms. The van der Waals surface area contributed by atoms with Crippen LogP contribution in [0.4, 0.5) is 69.8 Å². The zero-order chi connectivity index (χ0) is 102. The Bertz CT molecular complexity index is 5180. The maximum absolute atomic E-state index is 13.0. The fourth-order valence-electron chi connectivity index (χ4n) is 13.4. The molecule has 3 aromatic carbocycles. The predicted molar refractivity (Wildman–Crippen MR) is 543 cm³/mol. The maximum Gasteiger partial charge on any atom is 0.309 e. The minimum Gasteiger partial charge on any atom is -0.481 e. The van der Waals surface area contributed by atoms with Gasteiger partial charge in [-0.15, -0.1) is 64.7 Å². The molecule has 0 spiro atoms. The first kappa shape index (κ1) is 119. The van der Waals surface area contributed by atoms with Crippen molar-refractivity contribution in [3.05, 3.63) is 170 Å². The van der Waals surface area contributed by atoms with Crippen molar-refractivity contribution in [2.24, 2.45) is 36.6 Å². The number of anilines is 4. The number of thiophene rings is 3. The molecule has 6 aromatic rings. The highest BCUT2D eigenvalue weighted by molar-refractivity contribution is 7.21. The highest BCUT2D eigenvalue weighted by Crippen LogP contribution is 2.45. The predicted octanol–water partition coefficient (Wildman–Crippen LogP) is 23.8. The lowest BCUT2D eigenvalue weighted by atomic mass is 10.0. The van der Waals surface area contributed by atoms with Gasteiger partial charge in [0.1, 0.15) is 64.3 Å². The minimum absolute atomic E-state index is 0.000353. The van der Waals surface area contributed by atoms with Crippen LogP contribution >= 0.6 is 34.0 Å². The van der Waals surface area contributed by atoms with E-state index in [1.165, 1.54) is 11.3 Å². The second-order valence-electron chi connectivity index (χ2n) is 31.5. The molecule has 3 N–H and O–H groups in total. The zero-order valence-electron chi connectivity index (χ0n) is 82.2. The number of unbranched alkanes of at least 4 members (excludes halogenated alkanes) is 9. The van der Waals surface area contributed by atoms with E-state index in [0.717, 1.165) is 154 Å². The van der Waals surface area contributed by atoms with E-state index in [1.54, 1.807) is 26.8 Å². The van der Waals surface area contributed by atoms with Gasteiger partial charge in [-0.05, 0) is 182 Å². The Balaban J connectivity index is 0.000000465. The van der Waals surface area contributed by atoms with E-state index in [4.69, 9.17) is 72.2 Å². The molecule has 0 fully saturated rings. The number of aryl methyl sites for hydroxylation is 2. The molecule has 34 nitrogen and oxygen atoms in total. The SMILES string of the molecule is [C-]#[N+]c1sc(N=Nc2ccc(N(CC)CC)cc2NC(=O)CC(C/C=C/CCCCC)OC=O)c(C#N)c1C.[C-]#[N+]c1sc(N=Nc2ccc(N(CCOCCO)CCOCCOCCC)cc2C)c(C#N)c1C.[C-]#[N+]c1sc(N=Nc2ccc(N(CCOCCOCCOC(=O)CC(C/C=C/CCCCC)C(=O)O)CCOCCOC(=O)CC(C/C=C/CCCCC)OC=O)cc2C)c(C#N)c1C. The monoisotopic (exact) mass is 1970 g/mol. The number of carbonyl (C=O) groups is 6. The Morgan fingerprint density at radius 2 is 0.799 bits per heavy atom. The van der Waals surface area contributed by atoms with Crippen LogP contribution in [0.3, 0.4) is 0 Å². The van der Waals surface area contributed by atoms with Gasteiger partial charge in [-0.25, -0.2) is 14.5 Å². The number of allylic oxidation sites excluding steroid dienone is 4. The van der Waals surface area contributed by atoms with Crippen molar-refractivity contribution >= 4 is 141 Å². The summed E-state index contributed by atoms with van der Waals surface area (Å²) in [5.74, 6) is -3.26. The van der Waals surface area contributed by atoms with Gasteiger partial charge < -0.3 is 77.6 Å². The first-order valence-electron chi connectivity index (χ1n) is 47.2. The van der Waals surface area contributed by atoms with Crippen LogP contribution in [0.1, 0.15) is 208 Å². The number of carbonyl (C=O) groups excluding carboxylic acids is 5. The van der Waals surface area contributed by atoms with Crippen LogP contribution in [0.25, 0.3) is 14.5 Å². The van der Waals surface area contributed by atoms with Crippen LogP contribution in [-0.4, -0.2) is 198 Å². The summed E-state index contributed by atoms with van der Waals surface area (Å²) in [5, 5.41) is 78.2. The van der Waals surface area contributed by atoms with Gasteiger partial charge in [-0.2, -0.15) is 15.8 Å². The molecular weight excluding hydrogens is 1830 g/mol. The fraction of sp³-hybridized carbons (Fsp3) is 0.529. The third-order valence-electron chi connectivity index (χ3n) is 21.2. The molecule has 1 amide bonds. The van der Waals surface area contributed by atoms with Gasteiger partial charge in [-0.1, -0.05) is 103 Å². The summed E-state index contributed by atoms with van der Waals surface area (Å²) in [4.78, 5) is 88.1. The second-order valence-corrected chi connectivity index (χ2v) is 34.5. The summed E-state index contributed by atoms with van der Waals surface area (Å²) >= 11 is 3.40. The van der Waals surface area contributed by atoms with Gasteiger partial charge in [0.05, 0.1) is 158 Å². The van der Waals surface area contributed by atoms with Crippen molar-refractivity contribution in [1.82, 2.24) is 0 Å². The van der Waals surface area contributed by atoms with Gasteiger partial charge in [0.25, 0.3) is 12.9 Å². The Morgan fingerprint density at radius 3 is 1.17 bits per heavy atom. The average Bonchev–Trinajstić information content (AvgIpc) is 1.56. The number of aliphatic carboxylic acids is 1. The molecule has 0 aliphatic carbocycles. The van der Waals surface area contributed by atoms with E-state index in [1.807, 2.05) is 107 Å². The molecule has 0 aliphatic heterocycles. The largest absolute Gasteiger partial charge is 0.481 e. The molecule has 0 saturated heterocycles. The summed E-state index contributed by atoms with van der Waals surface area (Å²) < 4.78 is 54.6. The topological polar surface area (TPSA) is 416 Å². The van der Waals surface area contributed by atoms with Crippen LogP contribution in [-0.2, 0) is 76.1 Å². The molecule has 750 valence electrons. The van der Waals surface area contributed by atoms with E-state index in [-0.39, 0.29) is 77.8 Å². The number of carboxylic acid groups (broad SMARTS) is 1. The van der Waals surface area contributed by atoms with Gasteiger partial charge in [-0.3, -0.25) is 28.8 Å². The van der Waals surface area contributed by atoms with Crippen molar-refractivity contribution in [2.45, 2.75) is 210 Å². The smallest absolute Gasteiger partial charge is 0.309 e. The quantitative estimate of drug-likeness (QED) is 0.00607. The van der Waals surface area contributed by atoms with E-state index in [9.17, 15) is 49.7 Å². The highest BCUT2D eigenvalue weighted by atomic mass is 32.1. The molecule has 0 aliphatic rings. The van der Waals surface area contributed by atoms with E-state index < -0.39 is 36.0 Å². The van der Waals surface area contributed by atoms with Gasteiger partial charge in [0.2, 0.25) is 20.9 Å². The molecule has 139 heavy (non-hydrogen) atoms. The van der Waals surface area contributed by atoms with E-state index >= 15 is 0 Å². The first-order chi connectivity index (χ1) is 67.5. The van der Waals surface area contributed by atoms with Gasteiger partial charge in [0.15, 0.2) is 0 Å². The third kappa shape index (κ3) is 46.3. The number of rotatable bonds is 69. The number of azo groups is 3. The standard InChI is InChI=1S/C48H67N5O11S.C29H36N6O3S.C25H33N5O4S/c1-6-8-10-12-14-16-18-39(48(57)58)33-44(55)62-31-29-61-27-26-59-24-22-53(23-25-60-28-30-63-45(56)34-41(64-36-54)19-17-15-13-11-9-7-2)40-20-21-43(37(3)32-40)51-52-47-42(35-49)38(4)46(50-5)65-47;1-6-9-10-11-12-13-14-23(38-20-36)18-27(37)32-26-17-22(35(7-2)8-3)15-16-25(26)33-34-29-24(19-30)21(4)28(31-5)39-29;1-5-11-32-15-16-34-13-9-30(8-12-33-14-10-31)21-6-7-23(19(2)17-21)28-29-25-22(18-26)20(3)24(27-4)35-25/h14-17,20-21,32,36,39,41H,6-13,18-19,22-31,33-34H2,1-4H3,(H,57,58);12-13,15-17,20,23H,6-11,14,18H2,1-4H3,(H,32,37);6-7,17,31H,5,8-16H2,1-3H3/b16-14+,17-15+,52-51?;13-12+,34-33?;. The Labute approximate surface area is 831 Å². The Kier molecular flexibility index (Phi) is 62.4. The number of hydrogen-bond donors (Lipinski definition) is 3. The third-order valence-corrected chi connectivity index (χ3v) is 24.4. The lowest BCUT2D eigenvalue weighted by molar-refractivity contribution is -0.152. The van der Waals surface area contributed by atoms with Crippen LogP contribution < -0.4 is 20.0 Å². The van der Waals surface area contributed by atoms with Crippen molar-refractivity contribution in [1.29, 1.82) is 15.8 Å². The lowest BCUT2D eigenvalue weighted by Crippen LogP contribution is -2.31. The number of nitrogens with one attached hydrogen (secondary N) is 1. The summed E-state index contributed by atoms with van der Waals surface area (Å²) in [5.41, 5.74) is 9.54. The summed E-state index contributed by atoms with van der Waals surface area (Å²) in [6.45, 7) is 52.8. The highest BCUT2D eigenvalue weighted by Gasteiger charge is 2.24. The molecule has 6 rings (SSSR count). The number of aliphatic hydroxyl groups excluding tert-OH is 1. The minimum atomic E-state index is -1.03. The van der Waals surface area contributed by atoms with Crippen LogP contribution in [0.15, 0.2) is 122 Å². The number of nitrogens with zero attached hydrogens (tertiary/aromatic N) is 15. The number of aliphatic hydroxyl groups is 1. The van der Waals surface area contributed by atoms with Crippen molar-refractivity contribution in [3.8, 4) is 18.2 Å². The number of nitriles is 3. The number of esters is 2. The molecular formula is C102H136N16O18S3. The Hall–Kier alpha value is -12.3. The molecule has 3 atom stereocenters. The van der Waals surface area contributed by atoms with E-state index in [2.05, 4.69) is 117 Å². The Morgan fingerprint density at radius 1 is 0.439 bits per heavy atom. The van der Waals surface area contributed by atoms with E-state index in [0.29, 0.717) is 184 Å². The van der Waals surface area contributed by atoms with Gasteiger partial charge in [0, 0.05) is 75.8 Å². The molecule has 3 aromatic heterocycles. The van der Waals surface area contributed by atoms with Crippen molar-refractivity contribution in [2.75, 3.05) is 158 Å². The molecule has 3 unspecified atom stereocenters. The number of benzene rings is 3. The summed E-state index contributed by atoms with van der Waals surface area (Å²) in [6.07, 6.45) is 25.3. The molecule has 0 saturated carbocycles. The van der Waals surface area contributed by atoms with Crippen LogP contribution in [0.2, 0.25) is 0 Å². The number of hydrogen-bond acceptors (Lipinski definition) is 32. The first-order valence-corrected chi connectivity index (χ1v) is 49.6. The molecule has 3 heterocycles. The normalized spacial score (nSPS) is 11.8. The van der Waals surface area contributed by atoms with Crippen molar-refractivity contribution in [3.63, 3.8) is 0 Å². The van der Waals surface area contributed by atoms with Gasteiger partial charge >= 0.3 is 17.9 Å². The summed E-state index contributed by atoms with van der Waals surface area (Å²) in [6, 6.07) is 23.4. The fourth-order valence-corrected chi connectivity index (χ4v) is 16.0. The molecule has 37 heteroatoms. The van der Waals surface area contributed by atoms with Crippen LogP contribution in [0, 0.1) is 94.2 Å². The number of ether oxygens (including phenoxy) is 10. The van der Waals surface area contributed by atoms with Crippen LogP contribution in [0.5, 0.6) is 0 Å². The van der Waals surface area contributed by atoms with Crippen molar-refractivity contribution < 1.29 is 86.3 Å². The number of carboxylic acids is 1. The molecule has 0 radical (unpaired) electrons. The zero-order valence-corrected chi connectivity index (χ0v) is 84.6. The maximum atomic E-state index is 13.0. The second kappa shape index (κ2) is 72.9. The average molecular weight is 1970 g/mol. The number of amides is 1.